The van der Waals surface area contributed by atoms with Crippen molar-refractivity contribution in [2.24, 2.45) is 0 Å². The van der Waals surface area contributed by atoms with E-state index in [1.165, 1.54) is 23.5 Å². The monoisotopic (exact) mass is 429 g/mol. The van der Waals surface area contributed by atoms with Gasteiger partial charge in [0.15, 0.2) is 5.13 Å². The Hall–Kier alpha value is -4.04. The van der Waals surface area contributed by atoms with Crippen LogP contribution in [0.3, 0.4) is 0 Å². The summed E-state index contributed by atoms with van der Waals surface area (Å²) in [6.07, 6.45) is 1.76. The van der Waals surface area contributed by atoms with Crippen molar-refractivity contribution >= 4 is 49.8 Å². The number of nitro benzene ring substituents is 1. The molecular weight excluding hydrogens is 414 g/mol. The quantitative estimate of drug-likeness (QED) is 0.281. The second kappa shape index (κ2) is 7.66. The van der Waals surface area contributed by atoms with Crippen molar-refractivity contribution in [3.63, 3.8) is 0 Å². The van der Waals surface area contributed by atoms with Crippen LogP contribution in [0, 0.1) is 10.1 Å². The molecule has 0 aliphatic rings. The summed E-state index contributed by atoms with van der Waals surface area (Å²) in [5, 5.41) is 19.1. The predicted octanol–water partition coefficient (Wildman–Crippen LogP) is 5.80. The number of furan rings is 1. The van der Waals surface area contributed by atoms with Crippen LogP contribution in [0.15, 0.2) is 76.7 Å². The number of nitrogens with zero attached hydrogens (tertiary/aromatic N) is 2. The lowest BCUT2D eigenvalue weighted by molar-refractivity contribution is -0.384. The number of carbonyl (C=O) groups excluding carboxylic acids is 1. The molecule has 5 rings (SSSR count). The van der Waals surface area contributed by atoms with Crippen molar-refractivity contribution in [1.82, 2.24) is 4.98 Å². The van der Waals surface area contributed by atoms with E-state index < -0.39 is 4.92 Å². The molecule has 0 bridgehead atoms. The van der Waals surface area contributed by atoms with E-state index in [1.54, 1.807) is 23.8 Å². The number of fused-ring (bicyclic) bond motifs is 3. The molecule has 0 spiro atoms. The maximum absolute atomic E-state index is 12.7. The summed E-state index contributed by atoms with van der Waals surface area (Å²) in [4.78, 5) is 27.6. The Bertz CT molecular complexity index is 1450. The number of carbonyl (C=O) groups is 1. The first-order valence-corrected chi connectivity index (χ1v) is 10.3. The van der Waals surface area contributed by atoms with Gasteiger partial charge < -0.3 is 9.73 Å². The van der Waals surface area contributed by atoms with E-state index in [9.17, 15) is 14.9 Å². The maximum Gasteiger partial charge on any atom is 0.270 e. The van der Waals surface area contributed by atoms with Gasteiger partial charge in [0, 0.05) is 34.0 Å². The lowest BCUT2D eigenvalue weighted by Crippen LogP contribution is -2.14. The summed E-state index contributed by atoms with van der Waals surface area (Å²) in [5.74, 6) is -0.212. The number of hydrogen-bond acceptors (Lipinski definition) is 6. The number of aromatic nitrogens is 1. The van der Waals surface area contributed by atoms with Gasteiger partial charge in [-0.3, -0.25) is 14.9 Å². The molecule has 31 heavy (non-hydrogen) atoms. The average Bonchev–Trinajstić information content (AvgIpc) is 3.41. The molecule has 1 amide bonds. The highest BCUT2D eigenvalue weighted by Gasteiger charge is 2.15. The van der Waals surface area contributed by atoms with E-state index in [1.807, 2.05) is 36.4 Å². The van der Waals surface area contributed by atoms with E-state index in [4.69, 9.17) is 4.42 Å². The van der Waals surface area contributed by atoms with E-state index in [0.717, 1.165) is 27.3 Å². The molecule has 0 saturated carbocycles. The summed E-state index contributed by atoms with van der Waals surface area (Å²) < 4.78 is 5.65. The number of anilines is 1. The molecule has 0 aliphatic heterocycles. The van der Waals surface area contributed by atoms with Crippen molar-refractivity contribution < 1.29 is 14.1 Å². The Kier molecular flexibility index (Phi) is 4.68. The van der Waals surface area contributed by atoms with E-state index in [-0.39, 0.29) is 18.0 Å². The molecule has 0 saturated heterocycles. The van der Waals surface area contributed by atoms with Crippen LogP contribution in [0.2, 0.25) is 0 Å². The number of benzene rings is 3. The number of non-ortho nitro benzene ring substituents is 1. The van der Waals surface area contributed by atoms with Gasteiger partial charge in [0.2, 0.25) is 5.91 Å². The molecule has 1 N–H and O–H groups in total. The number of nitro groups is 1. The minimum Gasteiger partial charge on any atom is -0.464 e. The second-order valence-corrected chi connectivity index (χ2v) is 7.85. The molecule has 2 aromatic heterocycles. The van der Waals surface area contributed by atoms with Crippen LogP contribution in [-0.4, -0.2) is 15.8 Å². The topological polar surface area (TPSA) is 98.3 Å². The summed E-state index contributed by atoms with van der Waals surface area (Å²) in [5.41, 5.74) is 2.74. The minimum absolute atomic E-state index is 0.00449. The largest absolute Gasteiger partial charge is 0.464 e. The first-order valence-electron chi connectivity index (χ1n) is 9.46. The number of nitrogens with one attached hydrogen (secondary N) is 1. The van der Waals surface area contributed by atoms with Gasteiger partial charge in [-0.05, 0) is 16.8 Å². The fourth-order valence-corrected chi connectivity index (χ4v) is 4.32. The Labute approximate surface area is 180 Å². The second-order valence-electron chi connectivity index (χ2n) is 6.99. The Balaban J connectivity index is 1.37. The fraction of sp³-hybridized carbons (Fsp3) is 0.0435. The van der Waals surface area contributed by atoms with Crippen LogP contribution in [0.25, 0.3) is 33.0 Å². The molecule has 0 radical (unpaired) electrons. The van der Waals surface area contributed by atoms with Crippen LogP contribution in [0.5, 0.6) is 0 Å². The van der Waals surface area contributed by atoms with Crippen molar-refractivity contribution in [1.29, 1.82) is 0 Å². The highest BCUT2D eigenvalue weighted by molar-refractivity contribution is 7.14. The highest BCUT2D eigenvalue weighted by Crippen LogP contribution is 2.31. The summed E-state index contributed by atoms with van der Waals surface area (Å²) >= 11 is 1.27. The average molecular weight is 429 g/mol. The number of hydrogen-bond donors (Lipinski definition) is 1. The zero-order valence-electron chi connectivity index (χ0n) is 16.1. The van der Waals surface area contributed by atoms with Gasteiger partial charge in [-0.15, -0.1) is 11.3 Å². The van der Waals surface area contributed by atoms with Gasteiger partial charge in [0.05, 0.1) is 23.3 Å². The molecule has 0 unspecified atom stereocenters. The third-order valence-electron chi connectivity index (χ3n) is 4.99. The van der Waals surface area contributed by atoms with Gasteiger partial charge >= 0.3 is 0 Å². The molecule has 5 aromatic rings. The maximum atomic E-state index is 12.7. The summed E-state index contributed by atoms with van der Waals surface area (Å²) in [7, 11) is 0. The SMILES string of the molecule is O=C(Cc1coc2ccc3ccccc3c12)Nc1nc(-c2cccc([N+](=O)[O-])c2)cs1. The molecule has 3 aromatic carbocycles. The van der Waals surface area contributed by atoms with Crippen molar-refractivity contribution in [2.45, 2.75) is 6.42 Å². The van der Waals surface area contributed by atoms with Crippen LogP contribution in [0.4, 0.5) is 10.8 Å². The standard InChI is InChI=1S/C23H15N3O4S/c27-21(11-16-12-30-20-9-8-14-4-1-2-7-18(14)22(16)20)25-23-24-19(13-31-23)15-5-3-6-17(10-15)26(28)29/h1-10,12-13H,11H2,(H,24,25,27). The lowest BCUT2D eigenvalue weighted by atomic mass is 10.0. The van der Waals surface area contributed by atoms with E-state index >= 15 is 0 Å². The normalized spacial score (nSPS) is 11.1. The van der Waals surface area contributed by atoms with Crippen LogP contribution >= 0.6 is 11.3 Å². The van der Waals surface area contributed by atoms with E-state index in [0.29, 0.717) is 16.4 Å². The van der Waals surface area contributed by atoms with Crippen LogP contribution in [-0.2, 0) is 11.2 Å². The highest BCUT2D eigenvalue weighted by atomic mass is 32.1. The van der Waals surface area contributed by atoms with Crippen molar-refractivity contribution in [3.05, 3.63) is 88.0 Å². The summed E-state index contributed by atoms with van der Waals surface area (Å²) in [6, 6.07) is 18.1. The van der Waals surface area contributed by atoms with Crippen LogP contribution < -0.4 is 5.32 Å². The minimum atomic E-state index is -0.447. The lowest BCUT2D eigenvalue weighted by Gasteiger charge is -2.03. The Morgan fingerprint density at radius 1 is 1.13 bits per heavy atom. The van der Waals surface area contributed by atoms with Gasteiger partial charge in [-0.2, -0.15) is 0 Å². The zero-order chi connectivity index (χ0) is 21.4. The number of amides is 1. The number of thiazole rings is 1. The smallest absolute Gasteiger partial charge is 0.270 e. The molecule has 0 aliphatic carbocycles. The van der Waals surface area contributed by atoms with E-state index in [2.05, 4.69) is 10.3 Å². The number of rotatable bonds is 5. The first kappa shape index (κ1) is 19.0. The zero-order valence-corrected chi connectivity index (χ0v) is 16.9. The molecule has 8 heteroatoms. The molecule has 152 valence electrons. The van der Waals surface area contributed by atoms with Crippen molar-refractivity contribution in [2.75, 3.05) is 5.32 Å². The predicted molar refractivity (Wildman–Crippen MR) is 120 cm³/mol. The molecular formula is C23H15N3O4S. The fourth-order valence-electron chi connectivity index (χ4n) is 3.58. The molecule has 0 fully saturated rings. The third kappa shape index (κ3) is 3.64. The van der Waals surface area contributed by atoms with Gasteiger partial charge in [0.1, 0.15) is 5.58 Å². The van der Waals surface area contributed by atoms with Crippen molar-refractivity contribution in [3.8, 4) is 11.3 Å². The Morgan fingerprint density at radius 3 is 2.87 bits per heavy atom. The molecule has 2 heterocycles. The third-order valence-corrected chi connectivity index (χ3v) is 5.75. The molecule has 7 nitrogen and oxygen atoms in total. The Morgan fingerprint density at radius 2 is 2.00 bits per heavy atom. The summed E-state index contributed by atoms with van der Waals surface area (Å²) in [6.45, 7) is 0. The van der Waals surface area contributed by atoms with Gasteiger partial charge in [-0.25, -0.2) is 4.98 Å². The molecule has 0 atom stereocenters. The first-order chi connectivity index (χ1) is 15.1. The van der Waals surface area contributed by atoms with Gasteiger partial charge in [0.25, 0.3) is 5.69 Å². The van der Waals surface area contributed by atoms with Gasteiger partial charge in [-0.1, -0.05) is 42.5 Å². The van der Waals surface area contributed by atoms with Crippen LogP contribution in [0.1, 0.15) is 5.56 Å².